The lowest BCUT2D eigenvalue weighted by molar-refractivity contribution is 0.360. The van der Waals surface area contributed by atoms with Crippen molar-refractivity contribution in [2.24, 2.45) is 0 Å². The number of rotatable bonds is 5. The average molecular weight is 321 g/mol. The lowest BCUT2D eigenvalue weighted by Gasteiger charge is -2.21. The molecule has 1 aromatic rings. The van der Waals surface area contributed by atoms with Crippen LogP contribution in [0.4, 0.5) is 5.82 Å². The number of aromatic nitrogens is 2. The Morgan fingerprint density at radius 1 is 1.29 bits per heavy atom. The van der Waals surface area contributed by atoms with Crippen molar-refractivity contribution in [2.45, 2.75) is 6.42 Å². The molecule has 0 aromatic carbocycles. The highest BCUT2D eigenvalue weighted by molar-refractivity contribution is 5.74. The van der Waals surface area contributed by atoms with Gasteiger partial charge in [0.2, 0.25) is 0 Å². The van der Waals surface area contributed by atoms with Crippen LogP contribution in [0.2, 0.25) is 0 Å². The maximum Gasteiger partial charge on any atom is 0.147 e. The van der Waals surface area contributed by atoms with Gasteiger partial charge < -0.3 is 9.80 Å². The first-order valence-electron chi connectivity index (χ1n) is 7.99. The third-order valence-corrected chi connectivity index (χ3v) is 3.89. The van der Waals surface area contributed by atoms with E-state index in [1.165, 1.54) is 6.08 Å². The molecule has 0 spiro atoms. The maximum absolute atomic E-state index is 8.60. The molecule has 5 heteroatoms. The van der Waals surface area contributed by atoms with Crippen LogP contribution in [0.5, 0.6) is 0 Å². The third kappa shape index (κ3) is 4.90. The van der Waals surface area contributed by atoms with E-state index in [9.17, 15) is 0 Å². The lowest BCUT2D eigenvalue weighted by Crippen LogP contribution is -2.29. The first-order valence-corrected chi connectivity index (χ1v) is 7.99. The summed E-state index contributed by atoms with van der Waals surface area (Å²) in [7, 11) is 2.14. The number of allylic oxidation sites excluding steroid dienone is 6. The molecular formula is C19H23N5. The standard InChI is InChI=1S/C19H23N5/c1-4-17(13-16(2)7-5-8-20)18-14-21-15-19(22-18)24-10-6-9-23(3)11-12-24/h4-5,7,13-15H,1-2,6,9-12H2,3H3/b7-5+,17-13+. The minimum absolute atomic E-state index is 0.718. The van der Waals surface area contributed by atoms with E-state index >= 15 is 0 Å². The summed E-state index contributed by atoms with van der Waals surface area (Å²) in [5.41, 5.74) is 2.31. The van der Waals surface area contributed by atoms with Gasteiger partial charge in [-0.3, -0.25) is 4.98 Å². The molecule has 0 radical (unpaired) electrons. The van der Waals surface area contributed by atoms with Crippen molar-refractivity contribution in [1.29, 1.82) is 5.26 Å². The monoisotopic (exact) mass is 321 g/mol. The molecule has 1 saturated heterocycles. The van der Waals surface area contributed by atoms with Crippen LogP contribution in [-0.4, -0.2) is 48.1 Å². The molecule has 0 N–H and O–H groups in total. The number of hydrogen-bond acceptors (Lipinski definition) is 5. The smallest absolute Gasteiger partial charge is 0.147 e. The van der Waals surface area contributed by atoms with E-state index in [4.69, 9.17) is 10.2 Å². The van der Waals surface area contributed by atoms with Gasteiger partial charge in [0.05, 0.1) is 24.2 Å². The molecule has 2 rings (SSSR count). The summed E-state index contributed by atoms with van der Waals surface area (Å²) in [6, 6.07) is 1.96. The quantitative estimate of drug-likeness (QED) is 0.616. The van der Waals surface area contributed by atoms with Crippen molar-refractivity contribution in [3.8, 4) is 6.07 Å². The largest absolute Gasteiger partial charge is 0.354 e. The van der Waals surface area contributed by atoms with Gasteiger partial charge >= 0.3 is 0 Å². The Labute approximate surface area is 143 Å². The number of likely N-dealkylation sites (N-methyl/N-ethyl adjacent to an activating group) is 1. The Bertz CT molecular complexity index is 696. The van der Waals surface area contributed by atoms with Crippen LogP contribution in [0, 0.1) is 11.3 Å². The van der Waals surface area contributed by atoms with Crippen LogP contribution >= 0.6 is 0 Å². The highest BCUT2D eigenvalue weighted by Crippen LogP contribution is 2.19. The van der Waals surface area contributed by atoms with Crippen molar-refractivity contribution in [1.82, 2.24) is 14.9 Å². The van der Waals surface area contributed by atoms with Gasteiger partial charge in [0, 0.05) is 31.3 Å². The number of nitriles is 1. The fourth-order valence-electron chi connectivity index (χ4n) is 2.55. The SMILES string of the molecule is C=C/C(=C\C(=C)/C=C/C#N)c1cncc(N2CCCN(C)CC2)n1. The molecule has 1 aromatic heterocycles. The van der Waals surface area contributed by atoms with Crippen molar-refractivity contribution in [3.05, 3.63) is 61.1 Å². The van der Waals surface area contributed by atoms with E-state index in [1.54, 1.807) is 24.5 Å². The van der Waals surface area contributed by atoms with Crippen LogP contribution in [0.15, 0.2) is 55.4 Å². The van der Waals surface area contributed by atoms with E-state index in [1.807, 2.05) is 12.1 Å². The van der Waals surface area contributed by atoms with Gasteiger partial charge in [0.25, 0.3) is 0 Å². The maximum atomic E-state index is 8.60. The fraction of sp³-hybridized carbons (Fsp3) is 0.316. The van der Waals surface area contributed by atoms with Gasteiger partial charge in [-0.1, -0.05) is 19.2 Å². The number of nitrogens with zero attached hydrogens (tertiary/aromatic N) is 5. The summed E-state index contributed by atoms with van der Waals surface area (Å²) < 4.78 is 0. The van der Waals surface area contributed by atoms with Crippen molar-refractivity contribution < 1.29 is 0 Å². The van der Waals surface area contributed by atoms with Gasteiger partial charge in [0.15, 0.2) is 0 Å². The van der Waals surface area contributed by atoms with E-state index in [0.29, 0.717) is 0 Å². The second-order valence-corrected chi connectivity index (χ2v) is 5.75. The molecule has 5 nitrogen and oxygen atoms in total. The Kier molecular flexibility index (Phi) is 6.47. The van der Waals surface area contributed by atoms with E-state index in [0.717, 1.165) is 55.3 Å². The molecule has 0 unspecified atom stereocenters. The van der Waals surface area contributed by atoms with Crippen molar-refractivity contribution in [2.75, 3.05) is 38.1 Å². The lowest BCUT2D eigenvalue weighted by atomic mass is 10.1. The van der Waals surface area contributed by atoms with E-state index < -0.39 is 0 Å². The molecule has 0 saturated carbocycles. The molecule has 24 heavy (non-hydrogen) atoms. The number of anilines is 1. The predicted molar refractivity (Wildman–Crippen MR) is 98.4 cm³/mol. The van der Waals surface area contributed by atoms with Gasteiger partial charge in [-0.15, -0.1) is 0 Å². The van der Waals surface area contributed by atoms with Crippen LogP contribution in [0.3, 0.4) is 0 Å². The first-order chi connectivity index (χ1) is 11.6. The molecule has 1 aliphatic heterocycles. The zero-order chi connectivity index (χ0) is 17.4. The van der Waals surface area contributed by atoms with E-state index in [-0.39, 0.29) is 0 Å². The van der Waals surface area contributed by atoms with Gasteiger partial charge in [-0.2, -0.15) is 5.26 Å². The molecular weight excluding hydrogens is 298 g/mol. The van der Waals surface area contributed by atoms with Crippen LogP contribution < -0.4 is 4.90 Å². The molecule has 124 valence electrons. The van der Waals surface area contributed by atoms with Crippen molar-refractivity contribution >= 4 is 11.4 Å². The molecule has 0 atom stereocenters. The van der Waals surface area contributed by atoms with Gasteiger partial charge in [-0.25, -0.2) is 4.98 Å². The minimum atomic E-state index is 0.718. The minimum Gasteiger partial charge on any atom is -0.354 e. The second-order valence-electron chi connectivity index (χ2n) is 5.75. The van der Waals surface area contributed by atoms with E-state index in [2.05, 4.69) is 35.0 Å². The Morgan fingerprint density at radius 3 is 2.88 bits per heavy atom. The average Bonchev–Trinajstić information content (AvgIpc) is 2.82. The fourth-order valence-corrected chi connectivity index (χ4v) is 2.55. The first kappa shape index (κ1) is 17.6. The Hall–Kier alpha value is -2.71. The highest BCUT2D eigenvalue weighted by Gasteiger charge is 2.14. The third-order valence-electron chi connectivity index (χ3n) is 3.89. The Morgan fingerprint density at radius 2 is 2.12 bits per heavy atom. The molecule has 0 aliphatic carbocycles. The summed E-state index contributed by atoms with van der Waals surface area (Å²) in [4.78, 5) is 13.7. The van der Waals surface area contributed by atoms with Gasteiger partial charge in [-0.05, 0) is 37.7 Å². The molecule has 1 aliphatic rings. The summed E-state index contributed by atoms with van der Waals surface area (Å²) in [6.45, 7) is 11.8. The van der Waals surface area contributed by atoms with Crippen LogP contribution in [-0.2, 0) is 0 Å². The molecule has 0 bridgehead atoms. The van der Waals surface area contributed by atoms with Crippen LogP contribution in [0.25, 0.3) is 5.57 Å². The molecule has 0 amide bonds. The molecule has 1 fully saturated rings. The zero-order valence-electron chi connectivity index (χ0n) is 14.1. The summed E-state index contributed by atoms with van der Waals surface area (Å²) in [6.07, 6.45) is 11.3. The highest BCUT2D eigenvalue weighted by atomic mass is 15.2. The zero-order valence-corrected chi connectivity index (χ0v) is 14.1. The van der Waals surface area contributed by atoms with Crippen LogP contribution in [0.1, 0.15) is 12.1 Å². The molecule has 2 heterocycles. The number of hydrogen-bond donors (Lipinski definition) is 0. The Balaban J connectivity index is 2.23. The summed E-state index contributed by atoms with van der Waals surface area (Å²) in [5, 5.41) is 8.60. The predicted octanol–water partition coefficient (Wildman–Crippen LogP) is 2.82. The normalized spacial score (nSPS) is 16.7. The second kappa shape index (κ2) is 8.80. The summed E-state index contributed by atoms with van der Waals surface area (Å²) in [5.74, 6) is 0.883. The van der Waals surface area contributed by atoms with Crippen molar-refractivity contribution in [3.63, 3.8) is 0 Å². The topological polar surface area (TPSA) is 56.1 Å². The summed E-state index contributed by atoms with van der Waals surface area (Å²) >= 11 is 0. The van der Waals surface area contributed by atoms with Gasteiger partial charge in [0.1, 0.15) is 5.82 Å².